The van der Waals surface area contributed by atoms with Crippen LogP contribution in [0.5, 0.6) is 0 Å². The van der Waals surface area contributed by atoms with Crippen molar-refractivity contribution in [1.29, 1.82) is 0 Å². The van der Waals surface area contributed by atoms with Crippen LogP contribution in [0.4, 0.5) is 11.5 Å². The van der Waals surface area contributed by atoms with Crippen LogP contribution in [0, 0.1) is 0 Å². The lowest BCUT2D eigenvalue weighted by atomic mass is 10.5. The van der Waals surface area contributed by atoms with Crippen LogP contribution < -0.4 is 11.5 Å². The zero-order valence-corrected chi connectivity index (χ0v) is 5.86. The van der Waals surface area contributed by atoms with E-state index in [2.05, 4.69) is 4.98 Å². The van der Waals surface area contributed by atoms with Gasteiger partial charge in [0, 0.05) is 18.5 Å². The maximum absolute atomic E-state index is 5.64. The number of hydrogen-bond acceptors (Lipinski definition) is 3. The molecule has 0 amide bonds. The second kappa shape index (κ2) is 1.88. The molecule has 0 bridgehead atoms. The second-order valence-electron chi connectivity index (χ2n) is 2.33. The van der Waals surface area contributed by atoms with Gasteiger partial charge in [-0.2, -0.15) is 0 Å². The predicted octanol–water partition coefficient (Wildman–Crippen LogP) is 0.499. The number of nitrogens with two attached hydrogens (primary N) is 2. The number of hydrogen-bond donors (Lipinski definition) is 2. The summed E-state index contributed by atoms with van der Waals surface area (Å²) in [6.45, 7) is 0. The summed E-state index contributed by atoms with van der Waals surface area (Å²) in [7, 11) is 0. The van der Waals surface area contributed by atoms with Gasteiger partial charge in [0.1, 0.15) is 11.5 Å². The maximum Gasteiger partial charge on any atom is 0.140 e. The lowest BCUT2D eigenvalue weighted by Crippen LogP contribution is -1.95. The Morgan fingerprint density at radius 2 is 2.18 bits per heavy atom. The van der Waals surface area contributed by atoms with Crippen LogP contribution in [0.2, 0.25) is 0 Å². The summed E-state index contributed by atoms with van der Waals surface area (Å²) < 4.78 is 1.75. The van der Waals surface area contributed by atoms with E-state index in [0.717, 1.165) is 5.65 Å². The van der Waals surface area contributed by atoms with E-state index in [1.54, 1.807) is 16.7 Å². The van der Waals surface area contributed by atoms with Gasteiger partial charge in [-0.3, -0.25) is 4.40 Å². The fourth-order valence-electron chi connectivity index (χ4n) is 1.05. The van der Waals surface area contributed by atoms with Crippen LogP contribution in [-0.4, -0.2) is 9.38 Å². The summed E-state index contributed by atoms with van der Waals surface area (Å²) >= 11 is 0. The molecule has 11 heavy (non-hydrogen) atoms. The molecule has 0 fully saturated rings. The number of aromatic nitrogens is 2. The molecule has 0 atom stereocenters. The fraction of sp³-hybridized carbons (Fsp3) is 0. The molecule has 0 saturated heterocycles. The van der Waals surface area contributed by atoms with E-state index in [9.17, 15) is 0 Å². The van der Waals surface area contributed by atoms with Gasteiger partial charge >= 0.3 is 0 Å². The molecule has 0 aliphatic rings. The highest BCUT2D eigenvalue weighted by Crippen LogP contribution is 2.18. The van der Waals surface area contributed by atoms with Crippen LogP contribution in [0.1, 0.15) is 0 Å². The number of nitrogen functional groups attached to an aromatic ring is 2. The predicted molar refractivity (Wildman–Crippen MR) is 44.0 cm³/mol. The minimum Gasteiger partial charge on any atom is -0.396 e. The summed E-state index contributed by atoms with van der Waals surface area (Å²) in [4.78, 5) is 4.07. The molecule has 0 spiro atoms. The standard InChI is InChI=1S/C7H8N4/c8-5-4-6-10-2-1-3-11(6)7(5)9/h1-4H,8-9H2. The monoisotopic (exact) mass is 148 g/mol. The van der Waals surface area contributed by atoms with Gasteiger partial charge in [0.15, 0.2) is 0 Å². The van der Waals surface area contributed by atoms with Crippen molar-refractivity contribution in [2.75, 3.05) is 11.5 Å². The fourth-order valence-corrected chi connectivity index (χ4v) is 1.05. The van der Waals surface area contributed by atoms with Gasteiger partial charge in [-0.1, -0.05) is 0 Å². The van der Waals surface area contributed by atoms with Gasteiger partial charge < -0.3 is 11.5 Å². The minimum atomic E-state index is 0.549. The Balaban J connectivity index is 2.92. The smallest absolute Gasteiger partial charge is 0.140 e. The largest absolute Gasteiger partial charge is 0.396 e. The quantitative estimate of drug-likeness (QED) is 0.571. The van der Waals surface area contributed by atoms with E-state index < -0.39 is 0 Å². The maximum atomic E-state index is 5.64. The summed E-state index contributed by atoms with van der Waals surface area (Å²) in [6.07, 6.45) is 3.53. The Hall–Kier alpha value is -1.71. The topological polar surface area (TPSA) is 69.3 Å². The Bertz CT molecular complexity index is 390. The van der Waals surface area contributed by atoms with Crippen molar-refractivity contribution in [1.82, 2.24) is 9.38 Å². The highest BCUT2D eigenvalue weighted by Gasteiger charge is 2.01. The molecule has 2 aromatic rings. The van der Waals surface area contributed by atoms with Crippen molar-refractivity contribution in [3.63, 3.8) is 0 Å². The summed E-state index contributed by atoms with van der Waals surface area (Å²) in [5.74, 6) is 0.549. The molecule has 2 rings (SSSR count). The van der Waals surface area contributed by atoms with Gasteiger partial charge in [0.25, 0.3) is 0 Å². The van der Waals surface area contributed by atoms with Crippen LogP contribution in [0.25, 0.3) is 5.65 Å². The molecule has 56 valence electrons. The first-order valence-corrected chi connectivity index (χ1v) is 3.26. The highest BCUT2D eigenvalue weighted by atomic mass is 15.0. The summed E-state index contributed by atoms with van der Waals surface area (Å²) in [5.41, 5.74) is 12.6. The number of rotatable bonds is 0. The molecule has 0 aliphatic heterocycles. The molecular weight excluding hydrogens is 140 g/mol. The number of anilines is 2. The van der Waals surface area contributed by atoms with Crippen LogP contribution in [0.3, 0.4) is 0 Å². The Labute approximate surface area is 63.4 Å². The third-order valence-corrected chi connectivity index (χ3v) is 1.61. The zero-order chi connectivity index (χ0) is 7.84. The van der Waals surface area contributed by atoms with E-state index in [0.29, 0.717) is 11.5 Å². The number of nitrogens with zero attached hydrogens (tertiary/aromatic N) is 2. The van der Waals surface area contributed by atoms with Crippen molar-refractivity contribution in [2.45, 2.75) is 0 Å². The van der Waals surface area contributed by atoms with Crippen molar-refractivity contribution in [2.24, 2.45) is 0 Å². The first-order chi connectivity index (χ1) is 5.29. The third-order valence-electron chi connectivity index (χ3n) is 1.61. The van der Waals surface area contributed by atoms with E-state index in [-0.39, 0.29) is 0 Å². The van der Waals surface area contributed by atoms with E-state index in [4.69, 9.17) is 11.5 Å². The minimum absolute atomic E-state index is 0.549. The van der Waals surface area contributed by atoms with Crippen LogP contribution in [-0.2, 0) is 0 Å². The van der Waals surface area contributed by atoms with E-state index in [1.807, 2.05) is 12.3 Å². The van der Waals surface area contributed by atoms with Crippen LogP contribution >= 0.6 is 0 Å². The molecule has 2 aromatic heterocycles. The second-order valence-corrected chi connectivity index (χ2v) is 2.33. The van der Waals surface area contributed by atoms with Gasteiger partial charge in [-0.05, 0) is 6.07 Å². The number of fused-ring (bicyclic) bond motifs is 1. The molecule has 0 radical (unpaired) electrons. The average Bonchev–Trinajstić information content (AvgIpc) is 2.30. The first-order valence-electron chi connectivity index (χ1n) is 3.26. The Morgan fingerprint density at radius 3 is 2.91 bits per heavy atom. The van der Waals surface area contributed by atoms with Gasteiger partial charge in [0.2, 0.25) is 0 Å². The highest BCUT2D eigenvalue weighted by molar-refractivity contribution is 5.69. The van der Waals surface area contributed by atoms with Crippen molar-refractivity contribution >= 4 is 17.2 Å². The Kier molecular flexibility index (Phi) is 1.03. The SMILES string of the molecule is Nc1cc2ncccn2c1N. The van der Waals surface area contributed by atoms with Gasteiger partial charge in [-0.25, -0.2) is 4.98 Å². The molecule has 0 saturated carbocycles. The molecule has 0 unspecified atom stereocenters. The lowest BCUT2D eigenvalue weighted by Gasteiger charge is -1.94. The molecule has 4 N–H and O–H groups in total. The molecule has 0 aromatic carbocycles. The molecular formula is C7H8N4. The van der Waals surface area contributed by atoms with Crippen molar-refractivity contribution in [3.8, 4) is 0 Å². The molecule has 4 heteroatoms. The molecule has 2 heterocycles. The van der Waals surface area contributed by atoms with Gasteiger partial charge in [0.05, 0.1) is 5.69 Å². The molecule has 0 aliphatic carbocycles. The van der Waals surface area contributed by atoms with Crippen LogP contribution in [0.15, 0.2) is 24.5 Å². The van der Waals surface area contributed by atoms with Crippen molar-refractivity contribution in [3.05, 3.63) is 24.5 Å². The molecule has 4 nitrogen and oxygen atoms in total. The van der Waals surface area contributed by atoms with E-state index in [1.165, 1.54) is 0 Å². The van der Waals surface area contributed by atoms with Gasteiger partial charge in [-0.15, -0.1) is 0 Å². The van der Waals surface area contributed by atoms with Crippen molar-refractivity contribution < 1.29 is 0 Å². The summed E-state index contributed by atoms with van der Waals surface area (Å²) in [5, 5.41) is 0. The Morgan fingerprint density at radius 1 is 1.36 bits per heavy atom. The summed E-state index contributed by atoms with van der Waals surface area (Å²) in [6, 6.07) is 3.55. The zero-order valence-electron chi connectivity index (χ0n) is 5.86. The third kappa shape index (κ3) is 0.724. The lowest BCUT2D eigenvalue weighted by molar-refractivity contribution is 1.14. The normalized spacial score (nSPS) is 10.5. The average molecular weight is 148 g/mol. The van der Waals surface area contributed by atoms with E-state index >= 15 is 0 Å². The first kappa shape index (κ1) is 6.03.